The number of nitrogens with one attached hydrogen (secondary N) is 1. The highest BCUT2D eigenvalue weighted by Crippen LogP contribution is 2.23. The average molecular weight is 311 g/mol. The van der Waals surface area contributed by atoms with E-state index >= 15 is 0 Å². The molecule has 120 valence electrons. The van der Waals surface area contributed by atoms with Gasteiger partial charge in [-0.3, -0.25) is 4.79 Å². The van der Waals surface area contributed by atoms with Crippen LogP contribution in [0.25, 0.3) is 0 Å². The van der Waals surface area contributed by atoms with Crippen molar-refractivity contribution in [2.75, 3.05) is 30.4 Å². The van der Waals surface area contributed by atoms with Crippen LogP contribution >= 0.6 is 0 Å². The van der Waals surface area contributed by atoms with Crippen LogP contribution < -0.4 is 10.2 Å². The van der Waals surface area contributed by atoms with Gasteiger partial charge in [-0.1, -0.05) is 12.1 Å². The van der Waals surface area contributed by atoms with Crippen LogP contribution in [0.3, 0.4) is 0 Å². The molecule has 0 bridgehead atoms. The summed E-state index contributed by atoms with van der Waals surface area (Å²) in [6, 6.07) is 11.3. The molecule has 1 N–H and O–H groups in total. The van der Waals surface area contributed by atoms with E-state index in [0.29, 0.717) is 12.2 Å². The minimum absolute atomic E-state index is 0.130. The lowest BCUT2D eigenvalue weighted by Crippen LogP contribution is -2.24. The third-order valence-electron chi connectivity index (χ3n) is 3.93. The van der Waals surface area contributed by atoms with E-state index in [9.17, 15) is 4.79 Å². The SMILES string of the molecule is COCc1cccc(NC(=O)c2cccnc2N2CCCC2)c1. The molecule has 5 heteroatoms. The highest BCUT2D eigenvalue weighted by molar-refractivity contribution is 6.07. The molecule has 0 saturated carbocycles. The number of benzene rings is 1. The maximum atomic E-state index is 12.7. The van der Waals surface area contributed by atoms with E-state index in [0.717, 1.165) is 43.0 Å². The van der Waals surface area contributed by atoms with Crippen molar-refractivity contribution in [1.82, 2.24) is 4.98 Å². The Kier molecular flexibility index (Phi) is 4.88. The van der Waals surface area contributed by atoms with Crippen LogP contribution in [0.4, 0.5) is 11.5 Å². The first-order chi connectivity index (χ1) is 11.3. The van der Waals surface area contributed by atoms with Gasteiger partial charge in [-0.25, -0.2) is 4.98 Å². The molecule has 1 amide bonds. The predicted molar refractivity (Wildman–Crippen MR) is 90.8 cm³/mol. The summed E-state index contributed by atoms with van der Waals surface area (Å²) in [4.78, 5) is 19.2. The second kappa shape index (κ2) is 7.24. The third kappa shape index (κ3) is 3.68. The van der Waals surface area contributed by atoms with Gasteiger partial charge in [0.15, 0.2) is 0 Å². The number of carbonyl (C=O) groups excluding carboxylic acids is 1. The largest absolute Gasteiger partial charge is 0.380 e. The first-order valence-electron chi connectivity index (χ1n) is 7.87. The number of rotatable bonds is 5. The van der Waals surface area contributed by atoms with Gasteiger partial charge in [0, 0.05) is 32.1 Å². The molecule has 1 aromatic carbocycles. The summed E-state index contributed by atoms with van der Waals surface area (Å²) in [5.74, 6) is 0.644. The number of hydrogen-bond acceptors (Lipinski definition) is 4. The van der Waals surface area contributed by atoms with Crippen molar-refractivity contribution in [3.63, 3.8) is 0 Å². The highest BCUT2D eigenvalue weighted by atomic mass is 16.5. The van der Waals surface area contributed by atoms with Crippen LogP contribution in [-0.4, -0.2) is 31.1 Å². The number of hydrogen-bond donors (Lipinski definition) is 1. The van der Waals surface area contributed by atoms with Crippen molar-refractivity contribution in [3.05, 3.63) is 53.7 Å². The van der Waals surface area contributed by atoms with Gasteiger partial charge in [0.25, 0.3) is 5.91 Å². The summed E-state index contributed by atoms with van der Waals surface area (Å²) in [6.07, 6.45) is 4.04. The zero-order valence-corrected chi connectivity index (χ0v) is 13.3. The summed E-state index contributed by atoms with van der Waals surface area (Å²) in [5.41, 5.74) is 2.41. The smallest absolute Gasteiger partial charge is 0.259 e. The molecule has 2 aromatic rings. The molecule has 0 atom stereocenters. The van der Waals surface area contributed by atoms with Crippen molar-refractivity contribution in [3.8, 4) is 0 Å². The topological polar surface area (TPSA) is 54.5 Å². The van der Waals surface area contributed by atoms with E-state index < -0.39 is 0 Å². The average Bonchev–Trinajstić information content (AvgIpc) is 3.10. The van der Waals surface area contributed by atoms with Crippen LogP contribution in [-0.2, 0) is 11.3 Å². The van der Waals surface area contributed by atoms with Crippen LogP contribution in [0, 0.1) is 0 Å². The number of anilines is 2. The number of carbonyl (C=O) groups is 1. The summed E-state index contributed by atoms with van der Waals surface area (Å²) < 4.78 is 5.13. The quantitative estimate of drug-likeness (QED) is 0.922. The normalized spacial score (nSPS) is 14.0. The molecular formula is C18H21N3O2. The molecule has 1 aliphatic heterocycles. The predicted octanol–water partition coefficient (Wildman–Crippen LogP) is 3.08. The van der Waals surface area contributed by atoms with E-state index in [2.05, 4.69) is 15.2 Å². The van der Waals surface area contributed by atoms with Crippen LogP contribution in [0.15, 0.2) is 42.6 Å². The number of amides is 1. The standard InChI is InChI=1S/C18H21N3O2/c1-23-13-14-6-4-7-15(12-14)20-18(22)16-8-5-9-19-17(16)21-10-2-3-11-21/h4-9,12H,2-3,10-11,13H2,1H3,(H,20,22). The van der Waals surface area contributed by atoms with E-state index in [4.69, 9.17) is 4.74 Å². The van der Waals surface area contributed by atoms with Gasteiger partial charge in [0.2, 0.25) is 0 Å². The molecule has 1 aromatic heterocycles. The fraction of sp³-hybridized carbons (Fsp3) is 0.333. The lowest BCUT2D eigenvalue weighted by Gasteiger charge is -2.19. The van der Waals surface area contributed by atoms with Gasteiger partial charge in [-0.2, -0.15) is 0 Å². The van der Waals surface area contributed by atoms with E-state index in [1.165, 1.54) is 0 Å². The first kappa shape index (κ1) is 15.5. The lowest BCUT2D eigenvalue weighted by molar-refractivity contribution is 0.102. The molecular weight excluding hydrogens is 290 g/mol. The summed E-state index contributed by atoms with van der Waals surface area (Å²) in [6.45, 7) is 2.44. The number of methoxy groups -OCH3 is 1. The van der Waals surface area contributed by atoms with Gasteiger partial charge < -0.3 is 15.0 Å². The Labute approximate surface area is 136 Å². The Bertz CT molecular complexity index is 681. The first-order valence-corrected chi connectivity index (χ1v) is 7.87. The summed E-state index contributed by atoms with van der Waals surface area (Å²) >= 11 is 0. The van der Waals surface area contributed by atoms with Crippen LogP contribution in [0.5, 0.6) is 0 Å². The van der Waals surface area contributed by atoms with Crippen LogP contribution in [0.2, 0.25) is 0 Å². The highest BCUT2D eigenvalue weighted by Gasteiger charge is 2.20. The Morgan fingerprint density at radius 3 is 2.87 bits per heavy atom. The number of ether oxygens (including phenoxy) is 1. The van der Waals surface area contributed by atoms with Crippen LogP contribution in [0.1, 0.15) is 28.8 Å². The Morgan fingerprint density at radius 2 is 2.09 bits per heavy atom. The fourth-order valence-corrected chi connectivity index (χ4v) is 2.86. The van der Waals surface area contributed by atoms with E-state index in [1.807, 2.05) is 30.3 Å². The number of aromatic nitrogens is 1. The Hall–Kier alpha value is -2.40. The molecule has 5 nitrogen and oxygen atoms in total. The van der Waals surface area contributed by atoms with Crippen molar-refractivity contribution in [2.24, 2.45) is 0 Å². The molecule has 1 aliphatic rings. The minimum Gasteiger partial charge on any atom is -0.380 e. The van der Waals surface area contributed by atoms with Gasteiger partial charge in [-0.05, 0) is 42.7 Å². The zero-order valence-electron chi connectivity index (χ0n) is 13.3. The van der Waals surface area contributed by atoms with E-state index in [-0.39, 0.29) is 5.91 Å². The van der Waals surface area contributed by atoms with Crippen molar-refractivity contribution >= 4 is 17.4 Å². The Morgan fingerprint density at radius 1 is 1.26 bits per heavy atom. The van der Waals surface area contributed by atoms with Crippen molar-refractivity contribution in [2.45, 2.75) is 19.4 Å². The van der Waals surface area contributed by atoms with E-state index in [1.54, 1.807) is 19.4 Å². The third-order valence-corrected chi connectivity index (χ3v) is 3.93. The number of pyridine rings is 1. The summed E-state index contributed by atoms with van der Waals surface area (Å²) in [5, 5.41) is 2.96. The monoisotopic (exact) mass is 311 g/mol. The van der Waals surface area contributed by atoms with Crippen molar-refractivity contribution < 1.29 is 9.53 Å². The molecule has 1 saturated heterocycles. The van der Waals surface area contributed by atoms with Gasteiger partial charge >= 0.3 is 0 Å². The lowest BCUT2D eigenvalue weighted by atomic mass is 10.2. The molecule has 1 fully saturated rings. The van der Waals surface area contributed by atoms with Gasteiger partial charge in [0.05, 0.1) is 12.2 Å². The maximum absolute atomic E-state index is 12.7. The van der Waals surface area contributed by atoms with Gasteiger partial charge in [0.1, 0.15) is 5.82 Å². The second-order valence-electron chi connectivity index (χ2n) is 5.66. The molecule has 0 radical (unpaired) electrons. The summed E-state index contributed by atoms with van der Waals surface area (Å²) in [7, 11) is 1.66. The Balaban J connectivity index is 1.79. The number of nitrogens with zero attached hydrogens (tertiary/aromatic N) is 2. The second-order valence-corrected chi connectivity index (χ2v) is 5.66. The zero-order chi connectivity index (χ0) is 16.1. The molecule has 0 unspecified atom stereocenters. The minimum atomic E-state index is -0.130. The van der Waals surface area contributed by atoms with Crippen molar-refractivity contribution in [1.29, 1.82) is 0 Å². The van der Waals surface area contributed by atoms with Gasteiger partial charge in [-0.15, -0.1) is 0 Å². The molecule has 2 heterocycles. The molecule has 23 heavy (non-hydrogen) atoms. The molecule has 0 aliphatic carbocycles. The fourth-order valence-electron chi connectivity index (χ4n) is 2.86. The molecule has 0 spiro atoms. The maximum Gasteiger partial charge on any atom is 0.259 e. The molecule has 3 rings (SSSR count).